The van der Waals surface area contributed by atoms with Crippen LogP contribution in [0.15, 0.2) is 60.8 Å². The quantitative estimate of drug-likeness (QED) is 0.657. The molecule has 5 nitrogen and oxygen atoms in total. The number of benzene rings is 2. The zero-order valence-corrected chi connectivity index (χ0v) is 15.8. The number of hydrogen-bond acceptors (Lipinski definition) is 4. The van der Waals surface area contributed by atoms with Crippen molar-refractivity contribution in [3.8, 4) is 17.2 Å². The van der Waals surface area contributed by atoms with Gasteiger partial charge < -0.3 is 9.47 Å². The number of ether oxygens (including phenoxy) is 2. The molecule has 1 fully saturated rings. The number of likely N-dealkylation sites (tertiary alicyclic amines) is 1. The van der Waals surface area contributed by atoms with Crippen LogP contribution in [0.5, 0.6) is 11.5 Å². The van der Waals surface area contributed by atoms with E-state index < -0.39 is 0 Å². The Kier molecular flexibility index (Phi) is 5.12. The minimum Gasteiger partial charge on any atom is -0.497 e. The van der Waals surface area contributed by atoms with Crippen molar-refractivity contribution in [2.75, 3.05) is 20.8 Å². The van der Waals surface area contributed by atoms with Crippen molar-refractivity contribution >= 4 is 0 Å². The summed E-state index contributed by atoms with van der Waals surface area (Å²) < 4.78 is 13.0. The summed E-state index contributed by atoms with van der Waals surface area (Å²) in [6.45, 7) is 1.88. The maximum Gasteiger partial charge on any atom is 0.123 e. The summed E-state index contributed by atoms with van der Waals surface area (Å²) in [5, 5.41) is 4.77. The zero-order valence-electron chi connectivity index (χ0n) is 15.8. The lowest BCUT2D eigenvalue weighted by molar-refractivity contribution is 0.239. The molecule has 27 heavy (non-hydrogen) atoms. The Hall–Kier alpha value is -2.79. The molecule has 2 aromatic carbocycles. The number of para-hydroxylation sites is 1. The molecule has 0 bridgehead atoms. The van der Waals surface area contributed by atoms with Gasteiger partial charge in [0.15, 0.2) is 0 Å². The van der Waals surface area contributed by atoms with Gasteiger partial charge in [0, 0.05) is 24.3 Å². The molecule has 0 aliphatic carbocycles. The monoisotopic (exact) mass is 363 g/mol. The molecule has 2 heterocycles. The topological polar surface area (TPSA) is 39.5 Å². The fourth-order valence-electron chi connectivity index (χ4n) is 3.85. The van der Waals surface area contributed by atoms with Crippen LogP contribution in [-0.2, 0) is 6.54 Å². The largest absolute Gasteiger partial charge is 0.497 e. The summed E-state index contributed by atoms with van der Waals surface area (Å²) in [4.78, 5) is 2.48. The number of nitrogens with zero attached hydrogens (tertiary/aromatic N) is 3. The molecule has 5 heteroatoms. The Balaban J connectivity index is 1.55. The van der Waals surface area contributed by atoms with Gasteiger partial charge in [0.2, 0.25) is 0 Å². The van der Waals surface area contributed by atoms with Crippen molar-refractivity contribution in [1.82, 2.24) is 14.7 Å². The molecule has 3 aromatic rings. The minimum absolute atomic E-state index is 0.317. The zero-order chi connectivity index (χ0) is 18.6. The lowest BCUT2D eigenvalue weighted by Crippen LogP contribution is -2.23. The van der Waals surface area contributed by atoms with E-state index in [2.05, 4.69) is 29.2 Å². The van der Waals surface area contributed by atoms with Crippen LogP contribution in [0, 0.1) is 0 Å². The smallest absolute Gasteiger partial charge is 0.123 e. The van der Waals surface area contributed by atoms with Crippen molar-refractivity contribution in [2.24, 2.45) is 0 Å². The summed E-state index contributed by atoms with van der Waals surface area (Å²) in [6, 6.07) is 18.7. The van der Waals surface area contributed by atoms with Gasteiger partial charge in [0.1, 0.15) is 11.5 Å². The number of rotatable bonds is 6. The summed E-state index contributed by atoms with van der Waals surface area (Å²) in [7, 11) is 3.43. The first-order valence-electron chi connectivity index (χ1n) is 9.34. The molecule has 1 aromatic heterocycles. The van der Waals surface area contributed by atoms with Crippen molar-refractivity contribution in [2.45, 2.75) is 25.4 Å². The van der Waals surface area contributed by atoms with Crippen molar-refractivity contribution in [3.05, 3.63) is 72.1 Å². The Morgan fingerprint density at radius 3 is 2.67 bits per heavy atom. The van der Waals surface area contributed by atoms with Crippen molar-refractivity contribution in [3.63, 3.8) is 0 Å². The maximum atomic E-state index is 5.62. The summed E-state index contributed by atoms with van der Waals surface area (Å²) in [5.41, 5.74) is 3.35. The Labute approximate surface area is 160 Å². The summed E-state index contributed by atoms with van der Waals surface area (Å²) in [5.74, 6) is 1.79. The molecule has 1 unspecified atom stereocenters. The number of methoxy groups -OCH3 is 2. The van der Waals surface area contributed by atoms with Crippen LogP contribution >= 0.6 is 0 Å². The van der Waals surface area contributed by atoms with Gasteiger partial charge in [0.25, 0.3) is 0 Å². The van der Waals surface area contributed by atoms with Crippen molar-refractivity contribution in [1.29, 1.82) is 0 Å². The third-order valence-corrected chi connectivity index (χ3v) is 5.19. The van der Waals surface area contributed by atoms with Crippen LogP contribution in [0.4, 0.5) is 0 Å². The van der Waals surface area contributed by atoms with E-state index in [0.717, 1.165) is 42.4 Å². The Morgan fingerprint density at radius 1 is 1.04 bits per heavy atom. The SMILES string of the molecule is COc1ccc(OC)c(C2CCCN2Cc2ccn(-c3ccccc3)n2)c1. The van der Waals surface area contributed by atoms with Gasteiger partial charge in [-0.05, 0) is 55.8 Å². The highest BCUT2D eigenvalue weighted by Crippen LogP contribution is 2.39. The second-order valence-electron chi connectivity index (χ2n) is 6.82. The van der Waals surface area contributed by atoms with E-state index in [4.69, 9.17) is 14.6 Å². The second-order valence-corrected chi connectivity index (χ2v) is 6.82. The third kappa shape index (κ3) is 3.69. The van der Waals surface area contributed by atoms with Gasteiger partial charge in [-0.25, -0.2) is 4.68 Å². The highest BCUT2D eigenvalue weighted by atomic mass is 16.5. The Bertz CT molecular complexity index is 892. The highest BCUT2D eigenvalue weighted by Gasteiger charge is 2.29. The van der Waals surface area contributed by atoms with E-state index in [9.17, 15) is 0 Å². The van der Waals surface area contributed by atoms with Crippen LogP contribution in [0.3, 0.4) is 0 Å². The van der Waals surface area contributed by atoms with Crippen LogP contribution < -0.4 is 9.47 Å². The summed E-state index contributed by atoms with van der Waals surface area (Å²) >= 11 is 0. The van der Waals surface area contributed by atoms with E-state index >= 15 is 0 Å². The fourth-order valence-corrected chi connectivity index (χ4v) is 3.85. The molecular weight excluding hydrogens is 338 g/mol. The average Bonchev–Trinajstić information content (AvgIpc) is 3.38. The predicted octanol–water partition coefficient (Wildman–Crippen LogP) is 4.23. The molecule has 0 amide bonds. The van der Waals surface area contributed by atoms with Gasteiger partial charge in [0.05, 0.1) is 25.6 Å². The van der Waals surface area contributed by atoms with Crippen LogP contribution in [-0.4, -0.2) is 35.4 Å². The molecule has 1 saturated heterocycles. The molecule has 0 radical (unpaired) electrons. The summed E-state index contributed by atoms with van der Waals surface area (Å²) in [6.07, 6.45) is 4.31. The Morgan fingerprint density at radius 2 is 1.89 bits per heavy atom. The number of hydrogen-bond donors (Lipinski definition) is 0. The molecule has 4 rings (SSSR count). The van der Waals surface area contributed by atoms with E-state index in [1.54, 1.807) is 14.2 Å². The van der Waals surface area contributed by atoms with Gasteiger partial charge in [-0.15, -0.1) is 0 Å². The standard InChI is InChI=1S/C22H25N3O2/c1-26-19-10-11-22(27-2)20(15-19)21-9-6-13-24(21)16-17-12-14-25(23-17)18-7-4-3-5-8-18/h3-5,7-8,10-12,14-15,21H,6,9,13,16H2,1-2H3. The molecule has 1 aliphatic rings. The number of aromatic nitrogens is 2. The van der Waals surface area contributed by atoms with E-state index in [1.807, 2.05) is 41.2 Å². The molecule has 0 N–H and O–H groups in total. The van der Waals surface area contributed by atoms with Crippen LogP contribution in [0.25, 0.3) is 5.69 Å². The lowest BCUT2D eigenvalue weighted by Gasteiger charge is -2.25. The lowest BCUT2D eigenvalue weighted by atomic mass is 10.0. The fraction of sp³-hybridized carbons (Fsp3) is 0.318. The first-order chi connectivity index (χ1) is 13.3. The third-order valence-electron chi connectivity index (χ3n) is 5.19. The first kappa shape index (κ1) is 17.6. The normalized spacial score (nSPS) is 17.2. The molecule has 0 spiro atoms. The van der Waals surface area contributed by atoms with E-state index in [1.165, 1.54) is 12.0 Å². The van der Waals surface area contributed by atoms with E-state index in [0.29, 0.717) is 6.04 Å². The molecule has 140 valence electrons. The average molecular weight is 363 g/mol. The molecule has 0 saturated carbocycles. The van der Waals surface area contributed by atoms with Crippen LogP contribution in [0.1, 0.15) is 30.1 Å². The first-order valence-corrected chi connectivity index (χ1v) is 9.34. The van der Waals surface area contributed by atoms with Crippen molar-refractivity contribution < 1.29 is 9.47 Å². The van der Waals surface area contributed by atoms with Gasteiger partial charge in [-0.2, -0.15) is 5.10 Å². The van der Waals surface area contributed by atoms with Crippen LogP contribution in [0.2, 0.25) is 0 Å². The minimum atomic E-state index is 0.317. The molecule has 1 atom stereocenters. The van der Waals surface area contributed by atoms with Gasteiger partial charge >= 0.3 is 0 Å². The maximum absolute atomic E-state index is 5.62. The highest BCUT2D eigenvalue weighted by molar-refractivity contribution is 5.42. The predicted molar refractivity (Wildman–Crippen MR) is 105 cm³/mol. The second kappa shape index (κ2) is 7.84. The molecule has 1 aliphatic heterocycles. The van der Waals surface area contributed by atoms with Gasteiger partial charge in [-0.3, -0.25) is 4.90 Å². The van der Waals surface area contributed by atoms with E-state index in [-0.39, 0.29) is 0 Å². The molecular formula is C22H25N3O2. The van der Waals surface area contributed by atoms with Gasteiger partial charge in [-0.1, -0.05) is 18.2 Å².